The van der Waals surface area contributed by atoms with Crippen LogP contribution in [0.4, 0.5) is 0 Å². The van der Waals surface area contributed by atoms with E-state index >= 15 is 0 Å². The normalized spacial score (nSPS) is 12.4. The SMILES string of the molecule is CCCC(CCl)(CCl)Cc1cn2ccsc2n1. The van der Waals surface area contributed by atoms with E-state index < -0.39 is 0 Å². The van der Waals surface area contributed by atoms with Crippen molar-refractivity contribution in [2.75, 3.05) is 11.8 Å². The van der Waals surface area contributed by atoms with Crippen LogP contribution in [0.2, 0.25) is 0 Å². The zero-order valence-electron chi connectivity index (χ0n) is 9.83. The van der Waals surface area contributed by atoms with E-state index in [1.165, 1.54) is 0 Å². The monoisotopic (exact) mass is 290 g/mol. The molecule has 2 aromatic heterocycles. The maximum atomic E-state index is 6.11. The third-order valence-corrected chi connectivity index (χ3v) is 4.95. The van der Waals surface area contributed by atoms with E-state index in [1.807, 2.05) is 11.6 Å². The molecule has 94 valence electrons. The molecular weight excluding hydrogens is 275 g/mol. The van der Waals surface area contributed by atoms with Gasteiger partial charge in [-0.15, -0.1) is 34.5 Å². The van der Waals surface area contributed by atoms with E-state index in [1.54, 1.807) is 11.3 Å². The lowest BCUT2D eigenvalue weighted by atomic mass is 9.83. The summed E-state index contributed by atoms with van der Waals surface area (Å²) in [4.78, 5) is 5.64. The molecule has 0 spiro atoms. The summed E-state index contributed by atoms with van der Waals surface area (Å²) in [5, 5.41) is 2.04. The number of aromatic nitrogens is 2. The number of fused-ring (bicyclic) bond motifs is 1. The van der Waals surface area contributed by atoms with Crippen molar-refractivity contribution < 1.29 is 0 Å². The molecule has 0 aromatic carbocycles. The van der Waals surface area contributed by atoms with Crippen LogP contribution >= 0.6 is 34.5 Å². The Morgan fingerprint density at radius 3 is 2.76 bits per heavy atom. The molecule has 2 aromatic rings. The van der Waals surface area contributed by atoms with Gasteiger partial charge in [0.15, 0.2) is 4.96 Å². The predicted molar refractivity (Wildman–Crippen MR) is 75.6 cm³/mol. The van der Waals surface area contributed by atoms with Crippen LogP contribution in [0.15, 0.2) is 17.8 Å². The third kappa shape index (κ3) is 2.78. The van der Waals surface area contributed by atoms with Gasteiger partial charge in [-0.25, -0.2) is 4.98 Å². The summed E-state index contributed by atoms with van der Waals surface area (Å²) in [6.07, 6.45) is 7.11. The molecule has 0 aliphatic heterocycles. The fourth-order valence-electron chi connectivity index (χ4n) is 2.13. The molecule has 2 nitrogen and oxygen atoms in total. The number of nitrogens with zero attached hydrogens (tertiary/aromatic N) is 2. The van der Waals surface area contributed by atoms with Gasteiger partial charge in [0.05, 0.1) is 5.69 Å². The van der Waals surface area contributed by atoms with Gasteiger partial charge in [0.1, 0.15) is 0 Å². The van der Waals surface area contributed by atoms with Crippen LogP contribution in [0.5, 0.6) is 0 Å². The molecule has 0 saturated heterocycles. The average Bonchev–Trinajstić information content (AvgIpc) is 2.88. The van der Waals surface area contributed by atoms with Crippen molar-refractivity contribution in [3.63, 3.8) is 0 Å². The number of alkyl halides is 2. The van der Waals surface area contributed by atoms with Gasteiger partial charge < -0.3 is 0 Å². The predicted octanol–water partition coefficient (Wildman–Crippen LogP) is 4.20. The van der Waals surface area contributed by atoms with Gasteiger partial charge in [0, 0.05) is 34.9 Å². The fraction of sp³-hybridized carbons (Fsp3) is 0.583. The fourth-order valence-corrected chi connectivity index (χ4v) is 3.59. The van der Waals surface area contributed by atoms with Crippen LogP contribution in [0, 0.1) is 5.41 Å². The van der Waals surface area contributed by atoms with Crippen molar-refractivity contribution in [2.45, 2.75) is 26.2 Å². The van der Waals surface area contributed by atoms with Crippen LogP contribution in [0.3, 0.4) is 0 Å². The lowest BCUT2D eigenvalue weighted by Crippen LogP contribution is -2.28. The number of rotatable bonds is 6. The molecule has 0 bridgehead atoms. The molecular formula is C12H16Cl2N2S. The lowest BCUT2D eigenvalue weighted by Gasteiger charge is -2.28. The number of thiazole rings is 1. The quantitative estimate of drug-likeness (QED) is 0.729. The molecule has 17 heavy (non-hydrogen) atoms. The highest BCUT2D eigenvalue weighted by atomic mass is 35.5. The Kier molecular flexibility index (Phi) is 4.34. The van der Waals surface area contributed by atoms with E-state index in [-0.39, 0.29) is 5.41 Å². The summed E-state index contributed by atoms with van der Waals surface area (Å²) in [6.45, 7) is 2.17. The molecule has 0 saturated carbocycles. The first kappa shape index (κ1) is 13.2. The number of halogens is 2. The molecule has 0 atom stereocenters. The molecule has 0 aliphatic rings. The molecule has 0 N–H and O–H groups in total. The lowest BCUT2D eigenvalue weighted by molar-refractivity contribution is 0.338. The molecule has 0 fully saturated rings. The Balaban J connectivity index is 2.19. The summed E-state index contributed by atoms with van der Waals surface area (Å²) in [7, 11) is 0. The van der Waals surface area contributed by atoms with Crippen molar-refractivity contribution in [1.29, 1.82) is 0 Å². The van der Waals surface area contributed by atoms with Gasteiger partial charge >= 0.3 is 0 Å². The van der Waals surface area contributed by atoms with Crippen molar-refractivity contribution in [3.8, 4) is 0 Å². The van der Waals surface area contributed by atoms with E-state index in [0.717, 1.165) is 29.9 Å². The third-order valence-electron chi connectivity index (χ3n) is 3.05. The Morgan fingerprint density at radius 1 is 1.41 bits per heavy atom. The van der Waals surface area contributed by atoms with Gasteiger partial charge in [0.2, 0.25) is 0 Å². The van der Waals surface area contributed by atoms with E-state index in [9.17, 15) is 0 Å². The summed E-state index contributed by atoms with van der Waals surface area (Å²) < 4.78 is 2.05. The van der Waals surface area contributed by atoms with E-state index in [2.05, 4.69) is 22.5 Å². The Morgan fingerprint density at radius 2 is 2.18 bits per heavy atom. The maximum Gasteiger partial charge on any atom is 0.193 e. The second-order valence-electron chi connectivity index (χ2n) is 4.52. The van der Waals surface area contributed by atoms with Crippen LogP contribution in [-0.4, -0.2) is 21.1 Å². The first-order valence-electron chi connectivity index (χ1n) is 5.76. The van der Waals surface area contributed by atoms with Crippen molar-refractivity contribution in [1.82, 2.24) is 9.38 Å². The standard InChI is InChI=1S/C12H16Cl2N2S/c1-2-3-12(8-13,9-14)6-10-7-16-4-5-17-11(16)15-10/h4-5,7H,2-3,6,8-9H2,1H3. The number of imidazole rings is 1. The summed E-state index contributed by atoms with van der Waals surface area (Å²) in [6, 6.07) is 0. The molecule has 0 amide bonds. The van der Waals surface area contributed by atoms with Gasteiger partial charge in [-0.1, -0.05) is 13.3 Å². The second-order valence-corrected chi connectivity index (χ2v) is 5.93. The largest absolute Gasteiger partial charge is 0.297 e. The Hall–Kier alpha value is -0.250. The van der Waals surface area contributed by atoms with Gasteiger partial charge in [-0.2, -0.15) is 0 Å². The molecule has 2 rings (SSSR count). The van der Waals surface area contributed by atoms with Crippen LogP contribution in [0.25, 0.3) is 4.96 Å². The number of hydrogen-bond donors (Lipinski definition) is 0. The summed E-state index contributed by atoms with van der Waals surface area (Å²) in [5.74, 6) is 1.19. The van der Waals surface area contributed by atoms with E-state index in [0.29, 0.717) is 11.8 Å². The Bertz CT molecular complexity index is 445. The van der Waals surface area contributed by atoms with Crippen molar-refractivity contribution in [2.24, 2.45) is 5.41 Å². The van der Waals surface area contributed by atoms with Crippen LogP contribution in [-0.2, 0) is 6.42 Å². The number of hydrogen-bond acceptors (Lipinski definition) is 2. The highest BCUT2D eigenvalue weighted by Gasteiger charge is 2.28. The van der Waals surface area contributed by atoms with Gasteiger partial charge in [-0.3, -0.25) is 4.40 Å². The minimum Gasteiger partial charge on any atom is -0.297 e. The maximum absolute atomic E-state index is 6.11. The summed E-state index contributed by atoms with van der Waals surface area (Å²) in [5.41, 5.74) is 1.08. The van der Waals surface area contributed by atoms with Crippen molar-refractivity contribution in [3.05, 3.63) is 23.5 Å². The zero-order chi connectivity index (χ0) is 12.3. The van der Waals surface area contributed by atoms with Crippen LogP contribution < -0.4 is 0 Å². The molecule has 0 radical (unpaired) electrons. The smallest absolute Gasteiger partial charge is 0.193 e. The first-order chi connectivity index (χ1) is 8.23. The molecule has 0 unspecified atom stereocenters. The molecule has 5 heteroatoms. The first-order valence-corrected chi connectivity index (χ1v) is 7.71. The zero-order valence-corrected chi connectivity index (χ0v) is 12.2. The minimum atomic E-state index is -0.0120. The highest BCUT2D eigenvalue weighted by Crippen LogP contribution is 2.32. The highest BCUT2D eigenvalue weighted by molar-refractivity contribution is 7.15. The topological polar surface area (TPSA) is 17.3 Å². The average molecular weight is 291 g/mol. The van der Waals surface area contributed by atoms with Gasteiger partial charge in [-0.05, 0) is 12.8 Å². The Labute approximate surface area is 116 Å². The van der Waals surface area contributed by atoms with Gasteiger partial charge in [0.25, 0.3) is 0 Å². The van der Waals surface area contributed by atoms with E-state index in [4.69, 9.17) is 23.2 Å². The molecule has 0 aliphatic carbocycles. The molecule has 2 heterocycles. The second kappa shape index (κ2) is 5.59. The summed E-state index contributed by atoms with van der Waals surface area (Å²) >= 11 is 13.9. The van der Waals surface area contributed by atoms with Crippen LogP contribution in [0.1, 0.15) is 25.5 Å². The minimum absolute atomic E-state index is 0.0120. The van der Waals surface area contributed by atoms with Crippen molar-refractivity contribution >= 4 is 39.5 Å².